The molecule has 0 aromatic rings. The molecule has 1 heteroatoms. The molecule has 0 fully saturated rings. The first-order valence-electron chi connectivity index (χ1n) is 2.82. The fourth-order valence-corrected chi connectivity index (χ4v) is 0.325. The molecule has 8 heavy (non-hydrogen) atoms. The summed E-state index contributed by atoms with van der Waals surface area (Å²) in [6, 6.07) is 0. The first kappa shape index (κ1) is 7.28. The monoisotopic (exact) mass is 112 g/mol. The van der Waals surface area contributed by atoms with Crippen LogP contribution in [-0.4, -0.2) is 5.11 Å². The molecular formula is C7H12O. The summed E-state index contributed by atoms with van der Waals surface area (Å²) in [7, 11) is 0. The summed E-state index contributed by atoms with van der Waals surface area (Å²) < 4.78 is 0. The average molecular weight is 112 g/mol. The zero-order valence-electron chi connectivity index (χ0n) is 5.39. The molecular weight excluding hydrogens is 100 g/mol. The SMILES string of the molecule is C/C=C/C=C(\O)CC. The fourth-order valence-electron chi connectivity index (χ4n) is 0.325. The smallest absolute Gasteiger partial charge is 0.0919 e. The van der Waals surface area contributed by atoms with Crippen LogP contribution in [0.4, 0.5) is 0 Å². The van der Waals surface area contributed by atoms with E-state index in [2.05, 4.69) is 0 Å². The van der Waals surface area contributed by atoms with Crippen LogP contribution >= 0.6 is 0 Å². The molecule has 1 N–H and O–H groups in total. The molecule has 0 aliphatic heterocycles. The minimum atomic E-state index is 0.433. The van der Waals surface area contributed by atoms with E-state index in [1.54, 1.807) is 6.08 Å². The zero-order valence-corrected chi connectivity index (χ0v) is 5.39. The van der Waals surface area contributed by atoms with Crippen molar-refractivity contribution in [3.05, 3.63) is 24.0 Å². The van der Waals surface area contributed by atoms with E-state index in [4.69, 9.17) is 5.11 Å². The summed E-state index contributed by atoms with van der Waals surface area (Å²) in [5.41, 5.74) is 0. The Balaban J connectivity index is 3.57. The maximum Gasteiger partial charge on any atom is 0.0919 e. The van der Waals surface area contributed by atoms with Crippen molar-refractivity contribution in [3.63, 3.8) is 0 Å². The van der Waals surface area contributed by atoms with E-state index in [1.807, 2.05) is 26.0 Å². The van der Waals surface area contributed by atoms with E-state index in [9.17, 15) is 0 Å². The minimum Gasteiger partial charge on any atom is -0.512 e. The number of hydrogen-bond donors (Lipinski definition) is 1. The van der Waals surface area contributed by atoms with Crippen LogP contribution < -0.4 is 0 Å². The van der Waals surface area contributed by atoms with Crippen molar-refractivity contribution in [1.82, 2.24) is 0 Å². The van der Waals surface area contributed by atoms with Gasteiger partial charge in [-0.2, -0.15) is 0 Å². The summed E-state index contributed by atoms with van der Waals surface area (Å²) in [6.45, 7) is 3.83. The van der Waals surface area contributed by atoms with Crippen LogP contribution in [0.15, 0.2) is 24.0 Å². The Labute approximate surface area is 50.3 Å². The van der Waals surface area contributed by atoms with E-state index in [-0.39, 0.29) is 0 Å². The number of hydrogen-bond acceptors (Lipinski definition) is 1. The Bertz CT molecular complexity index is 101. The molecule has 0 aromatic heterocycles. The van der Waals surface area contributed by atoms with E-state index in [0.717, 1.165) is 0 Å². The van der Waals surface area contributed by atoms with Gasteiger partial charge in [0.15, 0.2) is 0 Å². The number of allylic oxidation sites excluding steroid dienone is 4. The molecule has 0 spiro atoms. The van der Waals surface area contributed by atoms with Crippen molar-refractivity contribution in [3.8, 4) is 0 Å². The first-order chi connectivity index (χ1) is 3.81. The van der Waals surface area contributed by atoms with Gasteiger partial charge in [-0.1, -0.05) is 19.1 Å². The van der Waals surface area contributed by atoms with E-state index >= 15 is 0 Å². The highest BCUT2D eigenvalue weighted by Crippen LogP contribution is 1.92. The van der Waals surface area contributed by atoms with Gasteiger partial charge in [0.05, 0.1) is 5.76 Å². The van der Waals surface area contributed by atoms with Gasteiger partial charge in [-0.05, 0) is 13.0 Å². The van der Waals surface area contributed by atoms with Gasteiger partial charge in [0.25, 0.3) is 0 Å². The molecule has 1 nitrogen and oxygen atoms in total. The van der Waals surface area contributed by atoms with Crippen molar-refractivity contribution in [1.29, 1.82) is 0 Å². The van der Waals surface area contributed by atoms with Crippen LogP contribution in [0, 0.1) is 0 Å². The number of aliphatic hydroxyl groups is 1. The van der Waals surface area contributed by atoms with E-state index in [1.165, 1.54) is 0 Å². The predicted octanol–water partition coefficient (Wildman–Crippen LogP) is 2.41. The summed E-state index contributed by atoms with van der Waals surface area (Å²) in [5, 5.41) is 8.80. The van der Waals surface area contributed by atoms with Gasteiger partial charge >= 0.3 is 0 Å². The number of rotatable bonds is 2. The largest absolute Gasteiger partial charge is 0.512 e. The summed E-state index contributed by atoms with van der Waals surface area (Å²) >= 11 is 0. The fraction of sp³-hybridized carbons (Fsp3) is 0.429. The van der Waals surface area contributed by atoms with Crippen LogP contribution in [0.5, 0.6) is 0 Å². The van der Waals surface area contributed by atoms with Gasteiger partial charge in [-0.15, -0.1) is 0 Å². The first-order valence-corrected chi connectivity index (χ1v) is 2.82. The lowest BCUT2D eigenvalue weighted by Crippen LogP contribution is -1.72. The van der Waals surface area contributed by atoms with Gasteiger partial charge in [-0.3, -0.25) is 0 Å². The predicted molar refractivity (Wildman–Crippen MR) is 35.8 cm³/mol. The standard InChI is InChI=1S/C7H12O/c1-3-5-6-7(8)4-2/h3,5-6,8H,4H2,1-2H3/b5-3+,7-6-. The second kappa shape index (κ2) is 4.44. The minimum absolute atomic E-state index is 0.433. The van der Waals surface area contributed by atoms with Gasteiger partial charge in [0.2, 0.25) is 0 Å². The molecule has 0 aliphatic rings. The maximum atomic E-state index is 8.80. The molecule has 46 valence electrons. The van der Waals surface area contributed by atoms with Crippen LogP contribution in [0.1, 0.15) is 20.3 Å². The molecule has 0 unspecified atom stereocenters. The highest BCUT2D eigenvalue weighted by atomic mass is 16.3. The van der Waals surface area contributed by atoms with Crippen LogP contribution in [0.25, 0.3) is 0 Å². The quantitative estimate of drug-likeness (QED) is 0.429. The Morgan fingerprint density at radius 3 is 2.62 bits per heavy atom. The van der Waals surface area contributed by atoms with E-state index < -0.39 is 0 Å². The summed E-state index contributed by atoms with van der Waals surface area (Å²) in [5.74, 6) is 0.433. The highest BCUT2D eigenvalue weighted by molar-refractivity contribution is 5.04. The summed E-state index contributed by atoms with van der Waals surface area (Å²) in [4.78, 5) is 0. The lowest BCUT2D eigenvalue weighted by molar-refractivity contribution is 0.395. The molecule has 0 rings (SSSR count). The second-order valence-corrected chi connectivity index (χ2v) is 1.54. The zero-order chi connectivity index (χ0) is 6.41. The Morgan fingerprint density at radius 1 is 1.62 bits per heavy atom. The number of aliphatic hydroxyl groups excluding tert-OH is 1. The van der Waals surface area contributed by atoms with E-state index in [0.29, 0.717) is 12.2 Å². The Kier molecular flexibility index (Phi) is 4.04. The van der Waals surface area contributed by atoms with Gasteiger partial charge in [-0.25, -0.2) is 0 Å². The summed E-state index contributed by atoms with van der Waals surface area (Å²) in [6.07, 6.45) is 6.11. The van der Waals surface area contributed by atoms with Crippen LogP contribution in [-0.2, 0) is 0 Å². The third-order valence-corrected chi connectivity index (χ3v) is 0.843. The molecule has 0 amide bonds. The molecule has 0 radical (unpaired) electrons. The van der Waals surface area contributed by atoms with Gasteiger partial charge in [0, 0.05) is 6.42 Å². The van der Waals surface area contributed by atoms with Crippen molar-refractivity contribution in [2.75, 3.05) is 0 Å². The lowest BCUT2D eigenvalue weighted by Gasteiger charge is -1.86. The normalized spacial score (nSPS) is 13.0. The molecule has 0 heterocycles. The van der Waals surface area contributed by atoms with Crippen LogP contribution in [0.3, 0.4) is 0 Å². The highest BCUT2D eigenvalue weighted by Gasteiger charge is 1.78. The Hall–Kier alpha value is -0.720. The van der Waals surface area contributed by atoms with Crippen LogP contribution in [0.2, 0.25) is 0 Å². The molecule has 0 saturated carbocycles. The molecule has 0 bridgehead atoms. The molecule has 0 saturated heterocycles. The Morgan fingerprint density at radius 2 is 2.25 bits per heavy atom. The maximum absolute atomic E-state index is 8.80. The van der Waals surface area contributed by atoms with Gasteiger partial charge in [0.1, 0.15) is 0 Å². The van der Waals surface area contributed by atoms with Crippen molar-refractivity contribution in [2.24, 2.45) is 0 Å². The second-order valence-electron chi connectivity index (χ2n) is 1.54. The van der Waals surface area contributed by atoms with Gasteiger partial charge < -0.3 is 5.11 Å². The molecule has 0 atom stereocenters. The van der Waals surface area contributed by atoms with Crippen molar-refractivity contribution in [2.45, 2.75) is 20.3 Å². The third kappa shape index (κ3) is 3.47. The molecule has 0 aliphatic carbocycles. The lowest BCUT2D eigenvalue weighted by atomic mass is 10.3. The average Bonchev–Trinajstić information content (AvgIpc) is 1.83. The third-order valence-electron chi connectivity index (χ3n) is 0.843. The van der Waals surface area contributed by atoms with Crippen molar-refractivity contribution >= 4 is 0 Å². The van der Waals surface area contributed by atoms with Crippen molar-refractivity contribution < 1.29 is 5.11 Å². The topological polar surface area (TPSA) is 20.2 Å². The molecule has 0 aromatic carbocycles.